The quantitative estimate of drug-likeness (QED) is 0.871. The third-order valence-electron chi connectivity index (χ3n) is 4.52. The first-order chi connectivity index (χ1) is 10.9. The molecule has 0 aromatic carbocycles. The van der Waals surface area contributed by atoms with E-state index in [4.69, 9.17) is 9.72 Å². The number of nitrogens with zero attached hydrogens (tertiary/aromatic N) is 4. The van der Waals surface area contributed by atoms with Crippen LogP contribution >= 0.6 is 11.3 Å². The zero-order valence-corrected chi connectivity index (χ0v) is 13.3. The highest BCUT2D eigenvalue weighted by molar-refractivity contribution is 7.13. The van der Waals surface area contributed by atoms with E-state index in [1.807, 2.05) is 6.07 Å². The van der Waals surface area contributed by atoms with E-state index in [1.165, 1.54) is 25.7 Å². The first-order valence-electron chi connectivity index (χ1n) is 7.97. The molecular formula is C16H20N4OS. The Morgan fingerprint density at radius 1 is 1.23 bits per heavy atom. The third kappa shape index (κ3) is 2.91. The lowest BCUT2D eigenvalue weighted by atomic mass is 9.90. The van der Waals surface area contributed by atoms with Crippen LogP contribution in [0.4, 0.5) is 0 Å². The molecule has 1 aliphatic heterocycles. The molecule has 1 aliphatic carbocycles. The van der Waals surface area contributed by atoms with Gasteiger partial charge in [-0.25, -0.2) is 15.0 Å². The van der Waals surface area contributed by atoms with Crippen LogP contribution < -0.4 is 0 Å². The van der Waals surface area contributed by atoms with Crippen molar-refractivity contribution in [1.82, 2.24) is 19.9 Å². The predicted octanol–water partition coefficient (Wildman–Crippen LogP) is 2.74. The van der Waals surface area contributed by atoms with Gasteiger partial charge in [-0.1, -0.05) is 12.8 Å². The largest absolute Gasteiger partial charge is 0.375 e. The fraction of sp³-hybridized carbons (Fsp3) is 0.562. The number of hydrogen-bond acceptors (Lipinski definition) is 6. The number of hydrogen-bond donors (Lipinski definition) is 0. The topological polar surface area (TPSA) is 51.1 Å². The van der Waals surface area contributed by atoms with Gasteiger partial charge in [-0.3, -0.25) is 4.90 Å². The van der Waals surface area contributed by atoms with Gasteiger partial charge in [0.2, 0.25) is 0 Å². The van der Waals surface area contributed by atoms with E-state index in [0.717, 1.165) is 36.2 Å². The molecule has 1 saturated carbocycles. The average Bonchev–Trinajstić information content (AvgIpc) is 3.05. The van der Waals surface area contributed by atoms with Gasteiger partial charge in [-0.15, -0.1) is 11.3 Å². The summed E-state index contributed by atoms with van der Waals surface area (Å²) in [6, 6.07) is 2.40. The summed E-state index contributed by atoms with van der Waals surface area (Å²) in [7, 11) is 0. The summed E-state index contributed by atoms with van der Waals surface area (Å²) < 4.78 is 5.94. The molecule has 2 atom stereocenters. The second-order valence-electron chi connectivity index (χ2n) is 5.95. The number of morpholine rings is 1. The van der Waals surface area contributed by atoms with Crippen LogP contribution in [-0.4, -0.2) is 45.1 Å². The Labute approximate surface area is 134 Å². The van der Waals surface area contributed by atoms with Gasteiger partial charge in [-0.2, -0.15) is 0 Å². The molecule has 0 amide bonds. The summed E-state index contributed by atoms with van der Waals surface area (Å²) in [5.41, 5.74) is 1.12. The van der Waals surface area contributed by atoms with Crippen LogP contribution in [0.1, 0.15) is 31.4 Å². The van der Waals surface area contributed by atoms with Gasteiger partial charge >= 0.3 is 0 Å². The SMILES string of the molecule is c1cnc(-c2nc(CN3CCOC4CCCCC43)cs2)nc1. The Hall–Kier alpha value is -1.37. The van der Waals surface area contributed by atoms with Crippen molar-refractivity contribution in [3.8, 4) is 10.8 Å². The van der Waals surface area contributed by atoms with Gasteiger partial charge in [0, 0.05) is 36.9 Å². The molecule has 116 valence electrons. The van der Waals surface area contributed by atoms with Crippen molar-refractivity contribution >= 4 is 11.3 Å². The smallest absolute Gasteiger partial charge is 0.188 e. The highest BCUT2D eigenvalue weighted by Crippen LogP contribution is 2.30. The number of fused-ring (bicyclic) bond motifs is 1. The summed E-state index contributed by atoms with van der Waals surface area (Å²) in [5, 5.41) is 3.04. The van der Waals surface area contributed by atoms with E-state index in [-0.39, 0.29) is 0 Å². The number of ether oxygens (including phenoxy) is 1. The molecule has 2 aromatic rings. The Balaban J connectivity index is 1.48. The Kier molecular flexibility index (Phi) is 4.14. The van der Waals surface area contributed by atoms with E-state index in [0.29, 0.717) is 12.1 Å². The van der Waals surface area contributed by atoms with Crippen LogP contribution in [0, 0.1) is 0 Å². The molecule has 0 radical (unpaired) electrons. The maximum atomic E-state index is 5.94. The lowest BCUT2D eigenvalue weighted by Crippen LogP contribution is -2.52. The number of rotatable bonds is 3. The zero-order valence-electron chi connectivity index (χ0n) is 12.5. The Morgan fingerprint density at radius 3 is 3.00 bits per heavy atom. The van der Waals surface area contributed by atoms with Crippen LogP contribution in [0.5, 0.6) is 0 Å². The average molecular weight is 316 g/mol. The summed E-state index contributed by atoms with van der Waals surface area (Å²) in [5.74, 6) is 0.719. The summed E-state index contributed by atoms with van der Waals surface area (Å²) in [6.45, 7) is 2.77. The molecule has 2 unspecified atom stereocenters. The summed E-state index contributed by atoms with van der Waals surface area (Å²) >= 11 is 1.63. The van der Waals surface area contributed by atoms with Gasteiger partial charge in [0.15, 0.2) is 10.8 Å². The lowest BCUT2D eigenvalue weighted by Gasteiger charge is -2.43. The van der Waals surface area contributed by atoms with Crippen LogP contribution in [0.25, 0.3) is 10.8 Å². The molecule has 0 bridgehead atoms. The monoisotopic (exact) mass is 316 g/mol. The van der Waals surface area contributed by atoms with E-state index in [9.17, 15) is 0 Å². The molecule has 3 heterocycles. The van der Waals surface area contributed by atoms with Crippen LogP contribution in [0.15, 0.2) is 23.8 Å². The van der Waals surface area contributed by atoms with Crippen molar-refractivity contribution in [3.05, 3.63) is 29.5 Å². The van der Waals surface area contributed by atoms with E-state index < -0.39 is 0 Å². The van der Waals surface area contributed by atoms with Crippen LogP contribution in [0.2, 0.25) is 0 Å². The van der Waals surface area contributed by atoms with E-state index >= 15 is 0 Å². The van der Waals surface area contributed by atoms with Gasteiger partial charge in [0.1, 0.15) is 0 Å². The third-order valence-corrected chi connectivity index (χ3v) is 5.41. The molecule has 1 saturated heterocycles. The Bertz CT molecular complexity index is 616. The Morgan fingerprint density at radius 2 is 2.09 bits per heavy atom. The van der Waals surface area contributed by atoms with Gasteiger partial charge in [0.25, 0.3) is 0 Å². The maximum absolute atomic E-state index is 5.94. The first-order valence-corrected chi connectivity index (χ1v) is 8.85. The minimum absolute atomic E-state index is 0.429. The van der Waals surface area contributed by atoms with E-state index in [2.05, 4.69) is 20.2 Å². The van der Waals surface area contributed by atoms with Crippen LogP contribution in [-0.2, 0) is 11.3 Å². The van der Waals surface area contributed by atoms with Crippen LogP contribution in [0.3, 0.4) is 0 Å². The van der Waals surface area contributed by atoms with Gasteiger partial charge < -0.3 is 4.74 Å². The maximum Gasteiger partial charge on any atom is 0.188 e. The second-order valence-corrected chi connectivity index (χ2v) is 6.81. The number of aromatic nitrogens is 3. The molecule has 22 heavy (non-hydrogen) atoms. The zero-order chi connectivity index (χ0) is 14.8. The van der Waals surface area contributed by atoms with E-state index in [1.54, 1.807) is 23.7 Å². The molecule has 0 spiro atoms. The molecule has 2 aliphatic rings. The van der Waals surface area contributed by atoms with Gasteiger partial charge in [-0.05, 0) is 18.9 Å². The molecule has 4 rings (SSSR count). The lowest BCUT2D eigenvalue weighted by molar-refractivity contribution is -0.0914. The predicted molar refractivity (Wildman–Crippen MR) is 85.5 cm³/mol. The van der Waals surface area contributed by atoms with Crippen molar-refractivity contribution in [2.24, 2.45) is 0 Å². The number of thiazole rings is 1. The highest BCUT2D eigenvalue weighted by Gasteiger charge is 2.34. The van der Waals surface area contributed by atoms with Gasteiger partial charge in [0.05, 0.1) is 18.4 Å². The van der Waals surface area contributed by atoms with Crippen molar-refractivity contribution in [2.45, 2.75) is 44.4 Å². The van der Waals surface area contributed by atoms with Crippen molar-refractivity contribution < 1.29 is 4.74 Å². The molecular weight excluding hydrogens is 296 g/mol. The molecule has 2 fully saturated rings. The summed E-state index contributed by atoms with van der Waals surface area (Å²) in [4.78, 5) is 15.8. The fourth-order valence-electron chi connectivity index (χ4n) is 3.47. The molecule has 0 N–H and O–H groups in total. The normalized spacial score (nSPS) is 25.8. The molecule has 2 aromatic heterocycles. The molecule has 5 nitrogen and oxygen atoms in total. The first kappa shape index (κ1) is 14.2. The standard InChI is InChI=1S/C16H20N4OS/c1-2-5-14-13(4-1)20(8-9-21-14)10-12-11-22-16(19-12)15-17-6-3-7-18-15/h3,6-7,11,13-14H,1-2,4-5,8-10H2. The second kappa shape index (κ2) is 6.40. The van der Waals surface area contributed by atoms with Crippen molar-refractivity contribution in [2.75, 3.05) is 13.2 Å². The fourth-order valence-corrected chi connectivity index (χ4v) is 4.23. The van der Waals surface area contributed by atoms with Crippen molar-refractivity contribution in [3.63, 3.8) is 0 Å². The minimum Gasteiger partial charge on any atom is -0.375 e. The minimum atomic E-state index is 0.429. The molecule has 6 heteroatoms. The highest BCUT2D eigenvalue weighted by atomic mass is 32.1. The van der Waals surface area contributed by atoms with Crippen molar-refractivity contribution in [1.29, 1.82) is 0 Å². The summed E-state index contributed by atoms with van der Waals surface area (Å²) in [6.07, 6.45) is 9.04.